The normalized spacial score (nSPS) is 13.0. The average Bonchev–Trinajstić information content (AvgIpc) is 3.01. The molecule has 0 unspecified atom stereocenters. The summed E-state index contributed by atoms with van der Waals surface area (Å²) in [6.07, 6.45) is 2.37. The molecule has 2 rings (SSSR count). The van der Waals surface area contributed by atoms with Gasteiger partial charge in [0, 0.05) is 18.2 Å². The van der Waals surface area contributed by atoms with E-state index in [2.05, 4.69) is 4.72 Å². The Morgan fingerprint density at radius 1 is 1.38 bits per heavy atom. The molecule has 1 aromatic carbocycles. The lowest BCUT2D eigenvalue weighted by molar-refractivity contribution is 0.168. The molecular weight excluding hydrogens is 294 g/mol. The van der Waals surface area contributed by atoms with Crippen LogP contribution in [0.4, 0.5) is 0 Å². The van der Waals surface area contributed by atoms with Crippen LogP contribution in [0.3, 0.4) is 0 Å². The summed E-state index contributed by atoms with van der Waals surface area (Å²) >= 11 is 0. The maximum atomic E-state index is 12.1. The minimum atomic E-state index is -3.62. The van der Waals surface area contributed by atoms with Crippen LogP contribution in [0, 0.1) is 0 Å². The zero-order valence-corrected chi connectivity index (χ0v) is 12.3. The predicted octanol–water partition coefficient (Wildman–Crippen LogP) is 1.69. The molecule has 2 aromatic rings. The Morgan fingerprint density at radius 3 is 2.86 bits per heavy atom. The van der Waals surface area contributed by atoms with Gasteiger partial charge < -0.3 is 14.3 Å². The van der Waals surface area contributed by atoms with Gasteiger partial charge in [-0.2, -0.15) is 0 Å². The minimum Gasteiger partial charge on any atom is -0.497 e. The van der Waals surface area contributed by atoms with Crippen molar-refractivity contribution in [2.75, 3.05) is 13.7 Å². The number of benzene rings is 1. The predicted molar refractivity (Wildman–Crippen MR) is 76.5 cm³/mol. The molecular formula is C14H17NO5S. The van der Waals surface area contributed by atoms with E-state index in [0.29, 0.717) is 11.3 Å². The van der Waals surface area contributed by atoms with Gasteiger partial charge in [-0.3, -0.25) is 0 Å². The van der Waals surface area contributed by atoms with Gasteiger partial charge >= 0.3 is 0 Å². The number of hydrogen-bond donors (Lipinski definition) is 2. The summed E-state index contributed by atoms with van der Waals surface area (Å²) in [7, 11) is -2.15. The van der Waals surface area contributed by atoms with Gasteiger partial charge in [0.1, 0.15) is 5.75 Å². The lowest BCUT2D eigenvalue weighted by Gasteiger charge is -2.10. The fourth-order valence-electron chi connectivity index (χ4n) is 1.81. The van der Waals surface area contributed by atoms with Gasteiger partial charge in [-0.15, -0.1) is 0 Å². The standard InChI is InChI=1S/C14H17NO5S/c1-19-12-3-2-4-13(9-12)21(17,18)15-7-5-14(16)11-6-8-20-10-11/h2-4,6,8-10,14-16H,5,7H2,1H3/t14-/m1/s1. The van der Waals surface area contributed by atoms with Crippen molar-refractivity contribution in [1.82, 2.24) is 4.72 Å². The summed E-state index contributed by atoms with van der Waals surface area (Å²) in [5.74, 6) is 0.469. The van der Waals surface area contributed by atoms with Crippen LogP contribution in [0.5, 0.6) is 5.75 Å². The highest BCUT2D eigenvalue weighted by Gasteiger charge is 2.16. The highest BCUT2D eigenvalue weighted by atomic mass is 32.2. The van der Waals surface area contributed by atoms with Crippen LogP contribution in [-0.4, -0.2) is 27.2 Å². The monoisotopic (exact) mass is 311 g/mol. The van der Waals surface area contributed by atoms with Crippen LogP contribution in [-0.2, 0) is 10.0 Å². The van der Waals surface area contributed by atoms with E-state index in [1.54, 1.807) is 18.2 Å². The first kappa shape index (κ1) is 15.6. The topological polar surface area (TPSA) is 88.8 Å². The van der Waals surface area contributed by atoms with Crippen molar-refractivity contribution < 1.29 is 22.7 Å². The second-order valence-corrected chi connectivity index (χ2v) is 6.20. The number of furan rings is 1. The lowest BCUT2D eigenvalue weighted by Crippen LogP contribution is -2.25. The van der Waals surface area contributed by atoms with Gasteiger partial charge in [0.2, 0.25) is 10.0 Å². The Morgan fingerprint density at radius 2 is 2.19 bits per heavy atom. The zero-order valence-electron chi connectivity index (χ0n) is 11.5. The van der Waals surface area contributed by atoms with Gasteiger partial charge in [-0.1, -0.05) is 6.07 Å². The molecule has 0 spiro atoms. The quantitative estimate of drug-likeness (QED) is 0.812. The van der Waals surface area contributed by atoms with E-state index in [0.717, 1.165) is 0 Å². The molecule has 0 fully saturated rings. The van der Waals surface area contributed by atoms with E-state index >= 15 is 0 Å². The molecule has 0 aliphatic rings. The van der Waals surface area contributed by atoms with E-state index in [1.807, 2.05) is 0 Å². The first-order valence-electron chi connectivity index (χ1n) is 6.37. The van der Waals surface area contributed by atoms with E-state index in [-0.39, 0.29) is 17.9 Å². The van der Waals surface area contributed by atoms with Crippen LogP contribution in [0.15, 0.2) is 52.2 Å². The molecule has 0 bridgehead atoms. The van der Waals surface area contributed by atoms with Gasteiger partial charge in [0.15, 0.2) is 0 Å². The molecule has 0 aliphatic carbocycles. The summed E-state index contributed by atoms with van der Waals surface area (Å²) in [6.45, 7) is 0.117. The molecule has 1 atom stereocenters. The summed E-state index contributed by atoms with van der Waals surface area (Å²) < 4.78 is 36.5. The van der Waals surface area contributed by atoms with Crippen molar-refractivity contribution in [3.63, 3.8) is 0 Å². The summed E-state index contributed by atoms with van der Waals surface area (Å²) in [5.41, 5.74) is 0.621. The Kier molecular flexibility index (Phi) is 5.00. The van der Waals surface area contributed by atoms with E-state index in [9.17, 15) is 13.5 Å². The van der Waals surface area contributed by atoms with Crippen molar-refractivity contribution >= 4 is 10.0 Å². The maximum Gasteiger partial charge on any atom is 0.240 e. The van der Waals surface area contributed by atoms with E-state index in [4.69, 9.17) is 9.15 Å². The van der Waals surface area contributed by atoms with Crippen molar-refractivity contribution in [3.05, 3.63) is 48.4 Å². The molecule has 21 heavy (non-hydrogen) atoms. The molecule has 0 amide bonds. The molecule has 1 heterocycles. The number of aliphatic hydroxyl groups excluding tert-OH is 1. The molecule has 0 saturated heterocycles. The SMILES string of the molecule is COc1cccc(S(=O)(=O)NCC[C@@H](O)c2ccoc2)c1. The Hall–Kier alpha value is -1.83. The van der Waals surface area contributed by atoms with Gasteiger partial charge in [0.25, 0.3) is 0 Å². The van der Waals surface area contributed by atoms with Crippen molar-refractivity contribution in [1.29, 1.82) is 0 Å². The number of methoxy groups -OCH3 is 1. The number of rotatable bonds is 7. The van der Waals surface area contributed by atoms with Crippen molar-refractivity contribution in [3.8, 4) is 5.75 Å². The van der Waals surface area contributed by atoms with Gasteiger partial charge in [0.05, 0.1) is 30.6 Å². The second-order valence-electron chi connectivity index (χ2n) is 4.44. The molecule has 1 aromatic heterocycles. The highest BCUT2D eigenvalue weighted by Crippen LogP contribution is 2.18. The number of ether oxygens (including phenoxy) is 1. The van der Waals surface area contributed by atoms with Gasteiger partial charge in [-0.25, -0.2) is 13.1 Å². The molecule has 0 saturated carbocycles. The Bertz CT molecular complexity index is 666. The maximum absolute atomic E-state index is 12.1. The van der Waals surface area contributed by atoms with Crippen molar-refractivity contribution in [2.24, 2.45) is 0 Å². The summed E-state index contributed by atoms with van der Waals surface area (Å²) in [6, 6.07) is 7.84. The van der Waals surface area contributed by atoms with Crippen LogP contribution in [0.25, 0.3) is 0 Å². The molecule has 114 valence electrons. The number of nitrogens with one attached hydrogen (secondary N) is 1. The third-order valence-electron chi connectivity index (χ3n) is 2.99. The molecule has 2 N–H and O–H groups in total. The number of aliphatic hydroxyl groups is 1. The Labute approximate surface area is 123 Å². The first-order valence-corrected chi connectivity index (χ1v) is 7.85. The highest BCUT2D eigenvalue weighted by molar-refractivity contribution is 7.89. The van der Waals surface area contributed by atoms with Crippen molar-refractivity contribution in [2.45, 2.75) is 17.4 Å². The largest absolute Gasteiger partial charge is 0.497 e. The smallest absolute Gasteiger partial charge is 0.240 e. The van der Waals surface area contributed by atoms with Crippen LogP contribution in [0.2, 0.25) is 0 Å². The van der Waals surface area contributed by atoms with Gasteiger partial charge in [-0.05, 0) is 24.6 Å². The summed E-state index contributed by atoms with van der Waals surface area (Å²) in [5, 5.41) is 9.84. The second kappa shape index (κ2) is 6.75. The zero-order chi connectivity index (χ0) is 15.3. The molecule has 7 heteroatoms. The number of sulfonamides is 1. The Balaban J connectivity index is 1.95. The third kappa shape index (κ3) is 4.07. The minimum absolute atomic E-state index is 0.117. The molecule has 0 radical (unpaired) electrons. The molecule has 6 nitrogen and oxygen atoms in total. The first-order chi connectivity index (χ1) is 10.0. The number of hydrogen-bond acceptors (Lipinski definition) is 5. The fraction of sp³-hybridized carbons (Fsp3) is 0.286. The molecule has 0 aliphatic heterocycles. The van der Waals surface area contributed by atoms with Crippen LogP contribution in [0.1, 0.15) is 18.1 Å². The van der Waals surface area contributed by atoms with Crippen LogP contribution >= 0.6 is 0 Å². The van der Waals surface area contributed by atoms with E-state index < -0.39 is 16.1 Å². The van der Waals surface area contributed by atoms with E-state index in [1.165, 1.54) is 31.8 Å². The third-order valence-corrected chi connectivity index (χ3v) is 4.45. The summed E-state index contributed by atoms with van der Waals surface area (Å²) in [4.78, 5) is 0.125. The van der Waals surface area contributed by atoms with Crippen LogP contribution < -0.4 is 9.46 Å². The average molecular weight is 311 g/mol. The fourth-order valence-corrected chi connectivity index (χ4v) is 2.90. The lowest BCUT2D eigenvalue weighted by atomic mass is 10.1.